The number of halogens is 4. The lowest BCUT2D eigenvalue weighted by atomic mass is 10.0. The van der Waals surface area contributed by atoms with E-state index in [9.17, 15) is 13.2 Å². The molecule has 21 heavy (non-hydrogen) atoms. The standard InChI is InChI=1S/C14H14F3N3.ClH/c15-14(16,17)11-3-1-10(2-4-11)5-12-8-20-9-18-6-13(20)7-19-12;/h1-4,6,9,12,19H,5,7-8H2;1H. The molecule has 0 fully saturated rings. The molecule has 3 rings (SSSR count). The highest BCUT2D eigenvalue weighted by Crippen LogP contribution is 2.29. The lowest BCUT2D eigenvalue weighted by Gasteiger charge is -2.25. The van der Waals surface area contributed by atoms with Gasteiger partial charge in [0, 0.05) is 25.3 Å². The maximum atomic E-state index is 12.5. The van der Waals surface area contributed by atoms with Crippen LogP contribution in [0, 0.1) is 0 Å². The van der Waals surface area contributed by atoms with Crippen molar-refractivity contribution in [3.8, 4) is 0 Å². The van der Waals surface area contributed by atoms with Gasteiger partial charge in [-0.25, -0.2) is 4.98 Å². The van der Waals surface area contributed by atoms with E-state index in [1.165, 1.54) is 0 Å². The minimum absolute atomic E-state index is 0. The first-order valence-electron chi connectivity index (χ1n) is 6.41. The van der Waals surface area contributed by atoms with Gasteiger partial charge in [-0.3, -0.25) is 0 Å². The molecule has 0 amide bonds. The summed E-state index contributed by atoms with van der Waals surface area (Å²) in [7, 11) is 0. The Bertz CT molecular complexity index is 592. The normalized spacial score (nSPS) is 18.0. The molecule has 2 aromatic rings. The first kappa shape index (κ1) is 15.9. The van der Waals surface area contributed by atoms with Gasteiger partial charge in [-0.2, -0.15) is 13.2 Å². The molecule has 0 saturated heterocycles. The van der Waals surface area contributed by atoms with E-state index in [-0.39, 0.29) is 18.4 Å². The number of hydrogen-bond acceptors (Lipinski definition) is 2. The Morgan fingerprint density at radius 3 is 2.62 bits per heavy atom. The summed E-state index contributed by atoms with van der Waals surface area (Å²) >= 11 is 0. The zero-order valence-corrected chi connectivity index (χ0v) is 11.9. The molecule has 1 aliphatic heterocycles. The summed E-state index contributed by atoms with van der Waals surface area (Å²) in [4.78, 5) is 4.08. The van der Waals surface area contributed by atoms with Crippen LogP contribution in [0.15, 0.2) is 36.8 Å². The molecule has 7 heteroatoms. The molecule has 3 nitrogen and oxygen atoms in total. The third-order valence-corrected chi connectivity index (χ3v) is 3.55. The molecule has 0 aliphatic carbocycles. The van der Waals surface area contributed by atoms with E-state index in [1.54, 1.807) is 18.5 Å². The van der Waals surface area contributed by atoms with Gasteiger partial charge in [-0.05, 0) is 24.1 Å². The predicted molar refractivity (Wildman–Crippen MR) is 75.3 cm³/mol. The van der Waals surface area contributed by atoms with Crippen molar-refractivity contribution in [2.45, 2.75) is 31.7 Å². The number of nitrogens with one attached hydrogen (secondary N) is 1. The van der Waals surface area contributed by atoms with Crippen molar-refractivity contribution in [1.82, 2.24) is 14.9 Å². The third-order valence-electron chi connectivity index (χ3n) is 3.55. The molecule has 0 radical (unpaired) electrons. The smallest absolute Gasteiger partial charge is 0.332 e. The fraction of sp³-hybridized carbons (Fsp3) is 0.357. The number of fused-ring (bicyclic) bond motifs is 1. The lowest BCUT2D eigenvalue weighted by Crippen LogP contribution is -2.39. The monoisotopic (exact) mass is 317 g/mol. The van der Waals surface area contributed by atoms with E-state index in [0.29, 0.717) is 6.42 Å². The third kappa shape index (κ3) is 3.57. The first-order chi connectivity index (χ1) is 9.52. The van der Waals surface area contributed by atoms with Crippen molar-refractivity contribution in [2.75, 3.05) is 0 Å². The van der Waals surface area contributed by atoms with E-state index in [4.69, 9.17) is 0 Å². The van der Waals surface area contributed by atoms with E-state index in [2.05, 4.69) is 14.9 Å². The van der Waals surface area contributed by atoms with Crippen molar-refractivity contribution >= 4 is 12.4 Å². The second-order valence-corrected chi connectivity index (χ2v) is 5.01. The van der Waals surface area contributed by atoms with E-state index < -0.39 is 11.7 Å². The Labute approximate surface area is 126 Å². The zero-order valence-electron chi connectivity index (χ0n) is 11.1. The van der Waals surface area contributed by atoms with Gasteiger partial charge in [0.2, 0.25) is 0 Å². The summed E-state index contributed by atoms with van der Waals surface area (Å²) in [6, 6.07) is 5.59. The summed E-state index contributed by atoms with van der Waals surface area (Å²) in [5.41, 5.74) is 1.43. The number of aromatic nitrogens is 2. The second kappa shape index (κ2) is 6.07. The van der Waals surface area contributed by atoms with Crippen LogP contribution in [0.4, 0.5) is 13.2 Å². The van der Waals surface area contributed by atoms with Crippen LogP contribution in [0.5, 0.6) is 0 Å². The van der Waals surface area contributed by atoms with Crippen LogP contribution in [0.1, 0.15) is 16.8 Å². The average Bonchev–Trinajstić information content (AvgIpc) is 2.86. The van der Waals surface area contributed by atoms with Gasteiger partial charge in [0.15, 0.2) is 0 Å². The van der Waals surface area contributed by atoms with Crippen LogP contribution in [-0.2, 0) is 25.7 Å². The fourth-order valence-corrected chi connectivity index (χ4v) is 2.46. The van der Waals surface area contributed by atoms with E-state index in [0.717, 1.165) is 36.5 Å². The summed E-state index contributed by atoms with van der Waals surface area (Å²) in [6.45, 7) is 1.53. The maximum Gasteiger partial charge on any atom is 0.416 e. The number of imidazole rings is 1. The van der Waals surface area contributed by atoms with Crippen LogP contribution < -0.4 is 5.32 Å². The highest BCUT2D eigenvalue weighted by Gasteiger charge is 2.30. The Hall–Kier alpha value is -1.53. The van der Waals surface area contributed by atoms with Gasteiger partial charge >= 0.3 is 6.18 Å². The molecule has 0 saturated carbocycles. The number of rotatable bonds is 2. The van der Waals surface area contributed by atoms with Crippen LogP contribution in [0.3, 0.4) is 0 Å². The number of hydrogen-bond donors (Lipinski definition) is 1. The lowest BCUT2D eigenvalue weighted by molar-refractivity contribution is -0.137. The van der Waals surface area contributed by atoms with Crippen LogP contribution in [0.2, 0.25) is 0 Å². The highest BCUT2D eigenvalue weighted by molar-refractivity contribution is 5.85. The van der Waals surface area contributed by atoms with Crippen LogP contribution in [-0.4, -0.2) is 15.6 Å². The second-order valence-electron chi connectivity index (χ2n) is 5.01. The van der Waals surface area contributed by atoms with E-state index >= 15 is 0 Å². The molecule has 1 aromatic carbocycles. The van der Waals surface area contributed by atoms with Crippen LogP contribution >= 0.6 is 12.4 Å². The first-order valence-corrected chi connectivity index (χ1v) is 6.41. The minimum Gasteiger partial charge on any atom is -0.332 e. The van der Waals surface area contributed by atoms with Gasteiger partial charge in [-0.1, -0.05) is 12.1 Å². The number of nitrogens with zero attached hydrogens (tertiary/aromatic N) is 2. The topological polar surface area (TPSA) is 29.9 Å². The number of benzene rings is 1. The summed E-state index contributed by atoms with van der Waals surface area (Å²) < 4.78 is 39.5. The molecule has 1 aliphatic rings. The van der Waals surface area contributed by atoms with Gasteiger partial charge in [0.1, 0.15) is 0 Å². The van der Waals surface area contributed by atoms with Gasteiger partial charge < -0.3 is 9.88 Å². The summed E-state index contributed by atoms with van der Waals surface area (Å²) in [5, 5.41) is 3.37. The molecule has 1 N–H and O–H groups in total. The summed E-state index contributed by atoms with van der Waals surface area (Å²) in [5.74, 6) is 0. The molecule has 1 aromatic heterocycles. The molecule has 1 unspecified atom stereocenters. The average molecular weight is 318 g/mol. The Balaban J connectivity index is 0.00000161. The summed E-state index contributed by atoms with van der Waals surface area (Å²) in [6.07, 6.45) is 0.0420. The van der Waals surface area contributed by atoms with Gasteiger partial charge in [-0.15, -0.1) is 12.4 Å². The zero-order chi connectivity index (χ0) is 14.2. The van der Waals surface area contributed by atoms with Crippen molar-refractivity contribution < 1.29 is 13.2 Å². The molecule has 0 bridgehead atoms. The Morgan fingerprint density at radius 1 is 1.24 bits per heavy atom. The van der Waals surface area contributed by atoms with Crippen molar-refractivity contribution in [1.29, 1.82) is 0 Å². The SMILES string of the molecule is Cl.FC(F)(F)c1ccc(CC2Cn3cncc3CN2)cc1. The predicted octanol–water partition coefficient (Wildman–Crippen LogP) is 3.04. The Morgan fingerprint density at radius 2 is 1.95 bits per heavy atom. The molecule has 114 valence electrons. The molecular weight excluding hydrogens is 303 g/mol. The number of alkyl halides is 3. The molecule has 2 heterocycles. The minimum atomic E-state index is -4.27. The highest BCUT2D eigenvalue weighted by atomic mass is 35.5. The fourth-order valence-electron chi connectivity index (χ4n) is 2.46. The van der Waals surface area contributed by atoms with Gasteiger partial charge in [0.25, 0.3) is 0 Å². The van der Waals surface area contributed by atoms with Crippen molar-refractivity contribution in [2.24, 2.45) is 0 Å². The van der Waals surface area contributed by atoms with Gasteiger partial charge in [0.05, 0.1) is 17.6 Å². The Kier molecular flexibility index (Phi) is 4.58. The maximum absolute atomic E-state index is 12.5. The van der Waals surface area contributed by atoms with Crippen molar-refractivity contribution in [3.05, 3.63) is 53.6 Å². The molecule has 1 atom stereocenters. The molecular formula is C14H15ClF3N3. The largest absolute Gasteiger partial charge is 0.416 e. The van der Waals surface area contributed by atoms with Crippen LogP contribution in [0.25, 0.3) is 0 Å². The molecule has 0 spiro atoms. The quantitative estimate of drug-likeness (QED) is 0.922. The van der Waals surface area contributed by atoms with Crippen molar-refractivity contribution in [3.63, 3.8) is 0 Å². The van der Waals surface area contributed by atoms with E-state index in [1.807, 2.05) is 6.20 Å².